The van der Waals surface area contributed by atoms with Crippen LogP contribution in [0.2, 0.25) is 0 Å². The molecule has 0 saturated carbocycles. The number of rotatable bonds is 28. The Labute approximate surface area is 602 Å². The predicted octanol–water partition coefficient (Wildman–Crippen LogP) is 16.4. The minimum absolute atomic E-state index is 0.167. The summed E-state index contributed by atoms with van der Waals surface area (Å²) in [5, 5.41) is 0. The third-order valence-electron chi connectivity index (χ3n) is 17.7. The molecular weight excluding hydrogens is 1400 g/mol. The van der Waals surface area contributed by atoms with Crippen molar-refractivity contribution in [3.63, 3.8) is 0 Å². The smallest absolute Gasteiger partial charge is 0.294 e. The van der Waals surface area contributed by atoms with Gasteiger partial charge < -0.3 is 28.9 Å². The summed E-state index contributed by atoms with van der Waals surface area (Å²) < 4.78 is 156. The molecule has 3 aromatic heterocycles. The topological polar surface area (TPSA) is 312 Å². The monoisotopic (exact) mass is 1470 g/mol. The lowest BCUT2D eigenvalue weighted by Gasteiger charge is -2.10. The molecule has 0 amide bonds. The molecule has 0 atom stereocenters. The van der Waals surface area contributed by atoms with Crippen molar-refractivity contribution < 1.29 is 70.8 Å². The highest BCUT2D eigenvalue weighted by Crippen LogP contribution is 2.40. The van der Waals surface area contributed by atoms with Gasteiger partial charge in [-0.2, -0.15) is 33.7 Å². The molecule has 0 fully saturated rings. The molecule has 104 heavy (non-hydrogen) atoms. The molecule has 0 unspecified atom stereocenters. The van der Waals surface area contributed by atoms with Crippen LogP contribution in [0.25, 0.3) is 90.9 Å². The highest BCUT2D eigenvalue weighted by Gasteiger charge is 2.21. The first kappa shape index (κ1) is 71.6. The van der Waals surface area contributed by atoms with Crippen LogP contribution in [0.1, 0.15) is 70.7 Å². The highest BCUT2D eigenvalue weighted by molar-refractivity contribution is 7.86. The lowest BCUT2D eigenvalue weighted by atomic mass is 10.0. The zero-order chi connectivity index (χ0) is 72.6. The second-order valence-electron chi connectivity index (χ2n) is 24.9. The second kappa shape index (κ2) is 31.0. The molecule has 0 aliphatic carbocycles. The van der Waals surface area contributed by atoms with Crippen LogP contribution < -0.4 is 18.9 Å². The minimum Gasteiger partial charge on any atom is -0.494 e. The fourth-order valence-corrected chi connectivity index (χ4v) is 14.4. The molecular formula is C80H70N4O16S4. The van der Waals surface area contributed by atoms with E-state index in [2.05, 4.69) is 9.97 Å². The largest absolute Gasteiger partial charge is 0.494 e. The zero-order valence-corrected chi connectivity index (χ0v) is 59.1. The number of aromatic nitrogens is 4. The van der Waals surface area contributed by atoms with E-state index in [1.54, 1.807) is 48.5 Å². The van der Waals surface area contributed by atoms with Gasteiger partial charge in [-0.25, -0.2) is 9.97 Å². The third-order valence-corrected chi connectivity index (χ3v) is 21.2. The van der Waals surface area contributed by atoms with Crippen molar-refractivity contribution >= 4 is 86.8 Å². The molecule has 0 radical (unpaired) electrons. The van der Waals surface area contributed by atoms with Crippen LogP contribution in [0.5, 0.6) is 23.0 Å². The number of aryl methyl sites for hydroxylation is 4. The second-order valence-corrected chi connectivity index (χ2v) is 30.6. The van der Waals surface area contributed by atoms with Crippen LogP contribution >= 0.6 is 0 Å². The molecule has 11 aromatic rings. The number of benzene rings is 8. The summed E-state index contributed by atoms with van der Waals surface area (Å²) in [7, 11) is -17.2. The Morgan fingerprint density at radius 2 is 0.452 bits per heavy atom. The summed E-state index contributed by atoms with van der Waals surface area (Å²) in [5.41, 5.74) is 15.8. The van der Waals surface area contributed by atoms with E-state index in [9.17, 15) is 51.9 Å². The number of nitrogens with zero attached hydrogens (tertiary/aromatic N) is 2. The van der Waals surface area contributed by atoms with Crippen LogP contribution in [0, 0.1) is 0 Å². The molecule has 2 aliphatic heterocycles. The van der Waals surface area contributed by atoms with Gasteiger partial charge in [-0.3, -0.25) is 18.2 Å². The number of hydrogen-bond acceptors (Lipinski definition) is 14. The van der Waals surface area contributed by atoms with Crippen molar-refractivity contribution in [1.29, 1.82) is 0 Å². The molecule has 530 valence electrons. The van der Waals surface area contributed by atoms with E-state index in [4.69, 9.17) is 28.9 Å². The zero-order valence-electron chi connectivity index (χ0n) is 55.8. The highest BCUT2D eigenvalue weighted by atomic mass is 32.2. The van der Waals surface area contributed by atoms with E-state index in [1.165, 1.54) is 48.5 Å². The van der Waals surface area contributed by atoms with Crippen LogP contribution in [-0.4, -0.2) is 98.2 Å². The maximum atomic E-state index is 11.6. The van der Waals surface area contributed by atoms with Gasteiger partial charge in [-0.1, -0.05) is 97.1 Å². The molecule has 2 aliphatic rings. The van der Waals surface area contributed by atoms with E-state index >= 15 is 0 Å². The standard InChI is InChI=1S/C80H70N4O16S4/c85-101(86,87)65-33-9-53(10-34-65)5-1-49-97-61-25-17-57(18-26-61)77-69-41-43-71(81-69)78(58-19-27-62(28-20-58)98-50-2-6-54-11-35-66(36-12-54)102(88,89)90)73-45-47-75(83-73)80(60-23-31-64(32-24-60)100-52-4-8-56-15-39-68(40-16-56)104(94,95)96)76-48-46-74(84-76)79(72-44-42-70(77)82-72)59-21-29-63(30-22-59)99-51-3-7-55-13-37-67(38-14-55)103(91,92)93/h9-48,81,84H,1-8,49-52H2,(H,85,86,87)(H,88,89,90)(H,91,92,93)(H,94,95,96). The molecule has 0 spiro atoms. The number of fused-ring (bicyclic) bond motifs is 8. The van der Waals surface area contributed by atoms with Crippen molar-refractivity contribution in [1.82, 2.24) is 19.9 Å². The number of aromatic amines is 2. The Morgan fingerprint density at radius 1 is 0.260 bits per heavy atom. The maximum Gasteiger partial charge on any atom is 0.294 e. The Kier molecular flexibility index (Phi) is 21.4. The summed E-state index contributed by atoms with van der Waals surface area (Å²) in [5.74, 6) is 2.56. The van der Waals surface area contributed by atoms with Gasteiger partial charge in [0.15, 0.2) is 0 Å². The van der Waals surface area contributed by atoms with E-state index < -0.39 is 40.5 Å². The number of ether oxygens (including phenoxy) is 4. The summed E-state index contributed by atoms with van der Waals surface area (Å²) in [6.07, 6.45) is 13.0. The number of hydrogen-bond donors (Lipinski definition) is 6. The van der Waals surface area contributed by atoms with Crippen molar-refractivity contribution in [2.24, 2.45) is 0 Å². The fraction of sp³-hybridized carbons (Fsp3) is 0.150. The summed E-state index contributed by atoms with van der Waals surface area (Å²) in [6, 6.07) is 63.9. The molecule has 13 rings (SSSR count). The summed E-state index contributed by atoms with van der Waals surface area (Å²) in [6.45, 7) is 1.52. The Morgan fingerprint density at radius 3 is 0.635 bits per heavy atom. The maximum absolute atomic E-state index is 11.6. The SMILES string of the molecule is O=S(=O)(O)c1ccc(CCCOc2ccc(-c3c4nc(c(-c5ccc(OCCCc6ccc(S(=O)(=O)O)cc6)cc5)c5ccc([nH]5)c(-c5ccc(OCCCc6ccc(S(=O)(=O)O)cc6)cc5)c5nc(c(-c6ccc(OCCCc7ccc(S(=O)(=O)O)cc7)cc6)c6ccc3[nH]6)C=C5)C=C4)cc2)cc1. The van der Waals surface area contributed by atoms with Gasteiger partial charge in [0.25, 0.3) is 40.5 Å². The van der Waals surface area contributed by atoms with Gasteiger partial charge in [-0.05, 0) is 242 Å². The summed E-state index contributed by atoms with van der Waals surface area (Å²) in [4.78, 5) is 18.0. The lowest BCUT2D eigenvalue weighted by Crippen LogP contribution is -2.01. The van der Waals surface area contributed by atoms with Crippen molar-refractivity contribution in [3.05, 3.63) is 263 Å². The van der Waals surface area contributed by atoms with E-state index in [0.29, 0.717) is 124 Å². The van der Waals surface area contributed by atoms with Crippen LogP contribution in [0.4, 0.5) is 0 Å². The van der Waals surface area contributed by atoms with Crippen molar-refractivity contribution in [2.75, 3.05) is 26.4 Å². The van der Waals surface area contributed by atoms with E-state index in [0.717, 1.165) is 88.8 Å². The first-order valence-electron chi connectivity index (χ1n) is 33.4. The average molecular weight is 1470 g/mol. The van der Waals surface area contributed by atoms with Crippen LogP contribution in [0.3, 0.4) is 0 Å². The normalized spacial score (nSPS) is 12.3. The van der Waals surface area contributed by atoms with Gasteiger partial charge in [0.1, 0.15) is 23.0 Å². The molecule has 6 N–H and O–H groups in total. The molecule has 8 bridgehead atoms. The lowest BCUT2D eigenvalue weighted by molar-refractivity contribution is 0.311. The van der Waals surface area contributed by atoms with Crippen LogP contribution in [-0.2, 0) is 66.2 Å². The average Bonchev–Trinajstić information content (AvgIpc) is 1.61. The van der Waals surface area contributed by atoms with Crippen molar-refractivity contribution in [2.45, 2.75) is 70.9 Å². The predicted molar refractivity (Wildman–Crippen MR) is 401 cm³/mol. The third kappa shape index (κ3) is 17.6. The van der Waals surface area contributed by atoms with E-state index in [-0.39, 0.29) is 19.6 Å². The fourth-order valence-electron chi connectivity index (χ4n) is 12.5. The van der Waals surface area contributed by atoms with Gasteiger partial charge in [0, 0.05) is 44.3 Å². The van der Waals surface area contributed by atoms with Crippen LogP contribution in [0.15, 0.2) is 238 Å². The molecule has 20 nitrogen and oxygen atoms in total. The van der Waals surface area contributed by atoms with Gasteiger partial charge in [0.05, 0.1) is 68.8 Å². The molecule has 5 heterocycles. The van der Waals surface area contributed by atoms with E-state index in [1.807, 2.05) is 146 Å². The molecule has 0 saturated heterocycles. The van der Waals surface area contributed by atoms with Gasteiger partial charge >= 0.3 is 0 Å². The minimum atomic E-state index is -4.31. The first-order valence-corrected chi connectivity index (χ1v) is 39.1. The Balaban J connectivity index is 0.875. The van der Waals surface area contributed by atoms with Gasteiger partial charge in [0.2, 0.25) is 0 Å². The quantitative estimate of drug-likeness (QED) is 0.0196. The first-order chi connectivity index (χ1) is 50.0. The number of H-pyrrole nitrogens is 2. The molecule has 8 aromatic carbocycles. The van der Waals surface area contributed by atoms with Gasteiger partial charge in [-0.15, -0.1) is 0 Å². The number of nitrogens with one attached hydrogen (secondary N) is 2. The van der Waals surface area contributed by atoms with Crippen molar-refractivity contribution in [3.8, 4) is 67.5 Å². The Hall–Kier alpha value is -10.8. The Bertz CT molecular complexity index is 4980. The summed E-state index contributed by atoms with van der Waals surface area (Å²) >= 11 is 0. The molecule has 24 heteroatoms.